The zero-order valence-corrected chi connectivity index (χ0v) is 26.9. The molecular weight excluding hydrogens is 616 g/mol. The molecule has 4 aromatic carbocycles. The topological polar surface area (TPSA) is 56.0 Å². The minimum Gasteiger partial charge on any atom is -0.375 e. The Balaban J connectivity index is 0.000000186. The Morgan fingerprint density at radius 3 is 1.60 bits per heavy atom. The van der Waals surface area contributed by atoms with Gasteiger partial charge in [0.05, 0.1) is 11.0 Å². The second kappa shape index (κ2) is 14.2. The number of thiazole rings is 1. The summed E-state index contributed by atoms with van der Waals surface area (Å²) in [5.41, 5.74) is 13.3. The average molecular weight is 648 g/mol. The van der Waals surface area contributed by atoms with Gasteiger partial charge in [-0.05, 0) is 98.5 Å². The molecule has 0 atom stereocenters. The van der Waals surface area contributed by atoms with Gasteiger partial charge < -0.3 is 5.73 Å². The number of rotatable bonds is 7. The summed E-state index contributed by atoms with van der Waals surface area (Å²) in [4.78, 5) is 21.2. The molecule has 0 radical (unpaired) electrons. The van der Waals surface area contributed by atoms with Crippen LogP contribution in [0.25, 0.3) is 11.3 Å². The highest BCUT2D eigenvalue weighted by Gasteiger charge is 2.13. The van der Waals surface area contributed by atoms with E-state index in [-0.39, 0.29) is 5.78 Å². The predicted molar refractivity (Wildman–Crippen MR) is 177 cm³/mol. The third-order valence-corrected chi connectivity index (χ3v) is 9.29. The first-order valence-corrected chi connectivity index (χ1v) is 16.4. The number of hydrogen-bond acceptors (Lipinski definition) is 6. The summed E-state index contributed by atoms with van der Waals surface area (Å²) >= 11 is 8.23. The van der Waals surface area contributed by atoms with E-state index in [1.54, 1.807) is 23.5 Å². The molecule has 0 saturated heterocycles. The Morgan fingerprint density at radius 1 is 0.750 bits per heavy atom. The van der Waals surface area contributed by atoms with E-state index in [0.29, 0.717) is 10.5 Å². The van der Waals surface area contributed by atoms with Crippen molar-refractivity contribution in [2.45, 2.75) is 47.3 Å². The lowest BCUT2D eigenvalue weighted by atomic mass is 10.00. The summed E-state index contributed by atoms with van der Waals surface area (Å²) in [5, 5.41) is 3.01. The number of hydrogen-bond donors (Lipinski definition) is 1. The van der Waals surface area contributed by atoms with Gasteiger partial charge in [0.25, 0.3) is 0 Å². The first kappa shape index (κ1) is 30.1. The molecular formula is C33H31BrN2OS3. The summed E-state index contributed by atoms with van der Waals surface area (Å²) < 4.78 is 0. The van der Waals surface area contributed by atoms with E-state index >= 15 is 0 Å². The Labute approximate surface area is 257 Å². The van der Waals surface area contributed by atoms with Crippen LogP contribution in [0.3, 0.4) is 0 Å². The zero-order valence-electron chi connectivity index (χ0n) is 22.9. The van der Waals surface area contributed by atoms with Gasteiger partial charge in [-0.25, -0.2) is 4.98 Å². The smallest absolute Gasteiger partial charge is 0.180 e. The molecule has 0 amide bonds. The number of ketones is 1. The molecule has 0 unspecified atom stereocenters. The van der Waals surface area contributed by atoms with Gasteiger partial charge in [-0.1, -0.05) is 75.9 Å². The summed E-state index contributed by atoms with van der Waals surface area (Å²) in [5.74, 6) is 0.145. The molecule has 5 rings (SSSR count). The van der Waals surface area contributed by atoms with E-state index in [4.69, 9.17) is 5.73 Å². The summed E-state index contributed by atoms with van der Waals surface area (Å²) in [7, 11) is 0. The first-order valence-electron chi connectivity index (χ1n) is 12.7. The lowest BCUT2D eigenvalue weighted by Crippen LogP contribution is -2.05. The summed E-state index contributed by atoms with van der Waals surface area (Å²) in [6.07, 6.45) is 0. The SMILES string of the molecule is Cc1cc(Sc2ccccc2)cc(C)c1-c1csc(N)n1.Cc1cc(Sc2ccccc2)cc(C)c1C(=O)CBr. The highest BCUT2D eigenvalue weighted by atomic mass is 79.9. The number of anilines is 1. The minimum absolute atomic E-state index is 0.145. The van der Waals surface area contributed by atoms with E-state index in [1.807, 2.05) is 43.5 Å². The monoisotopic (exact) mass is 646 g/mol. The first-order chi connectivity index (χ1) is 19.2. The number of Topliss-reactive ketones (excluding diaryl/α,β-unsaturated/α-hetero) is 1. The van der Waals surface area contributed by atoms with Crippen LogP contribution in [-0.2, 0) is 0 Å². The number of carbonyl (C=O) groups excluding carboxylic acids is 1. The van der Waals surface area contributed by atoms with Gasteiger partial charge >= 0.3 is 0 Å². The molecule has 0 aliphatic carbocycles. The highest BCUT2D eigenvalue weighted by Crippen LogP contribution is 2.35. The minimum atomic E-state index is 0.145. The Hall–Kier alpha value is -2.84. The quantitative estimate of drug-likeness (QED) is 0.141. The molecule has 5 aromatic rings. The third kappa shape index (κ3) is 7.88. The molecule has 1 aromatic heterocycles. The standard InChI is InChI=1S/C17H16N2S2.C16H15BrOS/c1-11-8-14(21-13-6-4-3-5-7-13)9-12(2)16(11)15-10-20-17(18)19-15;1-11-8-14(19-13-6-4-3-5-7-13)9-12(2)16(11)15(18)10-17/h3-10H,1-2H3,(H2,18,19);3-9H,10H2,1-2H3. The largest absolute Gasteiger partial charge is 0.375 e. The maximum Gasteiger partial charge on any atom is 0.180 e. The average Bonchev–Trinajstić information content (AvgIpc) is 3.34. The van der Waals surface area contributed by atoms with Gasteiger partial charge in [0.1, 0.15) is 0 Å². The Bertz CT molecular complexity index is 1560. The van der Waals surface area contributed by atoms with Crippen molar-refractivity contribution in [3.05, 3.63) is 118 Å². The molecule has 1 heterocycles. The van der Waals surface area contributed by atoms with Crippen molar-refractivity contribution in [1.29, 1.82) is 0 Å². The number of alkyl halides is 1. The van der Waals surface area contributed by atoms with Crippen molar-refractivity contribution in [2.75, 3.05) is 11.1 Å². The number of carbonyl (C=O) groups is 1. The molecule has 2 N–H and O–H groups in total. The van der Waals surface area contributed by atoms with E-state index < -0.39 is 0 Å². The second-order valence-corrected chi connectivity index (χ2v) is 13.1. The van der Waals surface area contributed by atoms with Crippen molar-refractivity contribution in [1.82, 2.24) is 4.98 Å². The molecule has 40 heavy (non-hydrogen) atoms. The van der Waals surface area contributed by atoms with Gasteiger partial charge in [0.15, 0.2) is 10.9 Å². The van der Waals surface area contributed by atoms with Crippen LogP contribution in [0.15, 0.2) is 110 Å². The lowest BCUT2D eigenvalue weighted by Gasteiger charge is -2.11. The van der Waals surface area contributed by atoms with E-state index in [0.717, 1.165) is 22.4 Å². The van der Waals surface area contributed by atoms with Crippen molar-refractivity contribution >= 4 is 61.7 Å². The number of nitrogens with two attached hydrogens (primary N) is 1. The van der Waals surface area contributed by atoms with Crippen LogP contribution in [-0.4, -0.2) is 16.1 Å². The van der Waals surface area contributed by atoms with Crippen LogP contribution < -0.4 is 5.73 Å². The summed E-state index contributed by atoms with van der Waals surface area (Å²) in [6.45, 7) is 8.26. The van der Waals surface area contributed by atoms with E-state index in [1.165, 1.54) is 47.6 Å². The maximum atomic E-state index is 11.9. The van der Waals surface area contributed by atoms with Gasteiger partial charge in [0.2, 0.25) is 0 Å². The molecule has 204 valence electrons. The molecule has 7 heteroatoms. The van der Waals surface area contributed by atoms with E-state index in [2.05, 4.69) is 95.4 Å². The molecule has 0 bridgehead atoms. The normalized spacial score (nSPS) is 10.6. The van der Waals surface area contributed by atoms with Crippen molar-refractivity contribution < 1.29 is 4.79 Å². The fourth-order valence-electron chi connectivity index (χ4n) is 4.53. The molecule has 0 saturated carbocycles. The molecule has 0 spiro atoms. The van der Waals surface area contributed by atoms with Crippen molar-refractivity contribution in [3.8, 4) is 11.3 Å². The Morgan fingerprint density at radius 2 is 1.20 bits per heavy atom. The predicted octanol–water partition coefficient (Wildman–Crippen LogP) is 10.2. The van der Waals surface area contributed by atoms with Gasteiger partial charge in [-0.2, -0.15) is 0 Å². The molecule has 0 fully saturated rings. The molecule has 3 nitrogen and oxygen atoms in total. The number of halogens is 1. The number of benzene rings is 4. The van der Waals surface area contributed by atoms with Crippen LogP contribution in [0.1, 0.15) is 32.6 Å². The number of nitrogen functional groups attached to an aromatic ring is 1. The zero-order chi connectivity index (χ0) is 28.6. The van der Waals surface area contributed by atoms with Crippen LogP contribution in [0, 0.1) is 27.7 Å². The van der Waals surface area contributed by atoms with Crippen molar-refractivity contribution in [3.63, 3.8) is 0 Å². The van der Waals surface area contributed by atoms with Gasteiger partial charge in [0, 0.05) is 36.1 Å². The number of aryl methyl sites for hydroxylation is 4. The second-order valence-electron chi connectivity index (χ2n) is 9.32. The van der Waals surface area contributed by atoms with Crippen LogP contribution in [0.2, 0.25) is 0 Å². The molecule has 0 aliphatic heterocycles. The fourth-order valence-corrected chi connectivity index (χ4v) is 7.44. The highest BCUT2D eigenvalue weighted by molar-refractivity contribution is 9.09. The van der Waals surface area contributed by atoms with E-state index in [9.17, 15) is 4.79 Å². The number of nitrogens with zero attached hydrogens (tertiary/aromatic N) is 1. The summed E-state index contributed by atoms with van der Waals surface area (Å²) in [6, 6.07) is 29.3. The lowest BCUT2D eigenvalue weighted by molar-refractivity contribution is 0.102. The van der Waals surface area contributed by atoms with Crippen molar-refractivity contribution in [2.24, 2.45) is 0 Å². The fraction of sp³-hybridized carbons (Fsp3) is 0.152. The van der Waals surface area contributed by atoms with Crippen LogP contribution in [0.4, 0.5) is 5.13 Å². The van der Waals surface area contributed by atoms with Crippen LogP contribution >= 0.6 is 50.8 Å². The van der Waals surface area contributed by atoms with Crippen LogP contribution in [0.5, 0.6) is 0 Å². The maximum absolute atomic E-state index is 11.9. The Kier molecular flexibility index (Phi) is 10.7. The van der Waals surface area contributed by atoms with Gasteiger partial charge in [-0.15, -0.1) is 11.3 Å². The van der Waals surface area contributed by atoms with Gasteiger partial charge in [-0.3, -0.25) is 4.79 Å². The third-order valence-electron chi connectivity index (χ3n) is 6.15. The number of aromatic nitrogens is 1. The molecule has 0 aliphatic rings.